The maximum absolute atomic E-state index is 12.0. The highest BCUT2D eigenvalue weighted by molar-refractivity contribution is 6.02. The molecular formula is C15H18O10. The quantitative estimate of drug-likeness (QED) is 0.414. The number of Topliss-reactive ketones (excluding diaryl/α,β-unsaturated/α-hetero) is 1. The molecule has 1 aromatic rings. The van der Waals surface area contributed by atoms with Crippen LogP contribution in [-0.4, -0.2) is 75.6 Å². The van der Waals surface area contributed by atoms with Gasteiger partial charge in [-0.05, 0) is 0 Å². The number of rotatable bonds is 3. The molecule has 2 aliphatic rings. The minimum Gasteiger partial charge on any atom is -0.496 e. The van der Waals surface area contributed by atoms with Crippen molar-refractivity contribution in [2.45, 2.75) is 43.6 Å². The Balaban J connectivity index is 1.88. The number of hydrogen-bond acceptors (Lipinski definition) is 10. The Labute approximate surface area is 141 Å². The first-order valence-corrected chi connectivity index (χ1v) is 7.46. The van der Waals surface area contributed by atoms with Crippen LogP contribution in [-0.2, 0) is 4.74 Å². The van der Waals surface area contributed by atoms with E-state index in [9.17, 15) is 30.3 Å². The third-order valence-electron chi connectivity index (χ3n) is 3.96. The first kappa shape index (κ1) is 17.9. The Morgan fingerprint density at radius 3 is 2.48 bits per heavy atom. The SMILES string of the molecule is COc1cc(OC2OC(O)C(O)C(O)C2O)cc2c1C(=O)CC(O)O2. The van der Waals surface area contributed by atoms with Gasteiger partial charge in [0.15, 0.2) is 12.1 Å². The summed E-state index contributed by atoms with van der Waals surface area (Å²) in [6, 6.07) is 2.61. The lowest BCUT2D eigenvalue weighted by atomic mass is 10.0. The second-order valence-electron chi connectivity index (χ2n) is 5.68. The Kier molecular flexibility index (Phi) is 4.82. The van der Waals surface area contributed by atoms with Crippen LogP contribution in [0.5, 0.6) is 17.2 Å². The third-order valence-corrected chi connectivity index (χ3v) is 3.96. The molecule has 0 radical (unpaired) electrons. The molecule has 2 heterocycles. The van der Waals surface area contributed by atoms with Crippen LogP contribution in [0, 0.1) is 0 Å². The predicted molar refractivity (Wildman–Crippen MR) is 78.1 cm³/mol. The summed E-state index contributed by atoms with van der Waals surface area (Å²) >= 11 is 0. The Morgan fingerprint density at radius 1 is 1.08 bits per heavy atom. The Morgan fingerprint density at radius 2 is 1.80 bits per heavy atom. The molecule has 0 bridgehead atoms. The molecule has 0 spiro atoms. The number of ether oxygens (including phenoxy) is 4. The van der Waals surface area contributed by atoms with E-state index in [2.05, 4.69) is 0 Å². The molecule has 138 valence electrons. The van der Waals surface area contributed by atoms with Gasteiger partial charge in [0.25, 0.3) is 0 Å². The van der Waals surface area contributed by atoms with E-state index in [0.29, 0.717) is 0 Å². The van der Waals surface area contributed by atoms with Gasteiger partial charge in [-0.15, -0.1) is 0 Å². The van der Waals surface area contributed by atoms with E-state index < -0.39 is 37.2 Å². The lowest BCUT2D eigenvalue weighted by Gasteiger charge is -2.38. The summed E-state index contributed by atoms with van der Waals surface area (Å²) in [4.78, 5) is 12.0. The van der Waals surface area contributed by atoms with Crippen molar-refractivity contribution in [2.24, 2.45) is 0 Å². The molecule has 1 fully saturated rings. The van der Waals surface area contributed by atoms with E-state index >= 15 is 0 Å². The highest BCUT2D eigenvalue weighted by Gasteiger charge is 2.44. The van der Waals surface area contributed by atoms with Gasteiger partial charge in [0.1, 0.15) is 41.1 Å². The summed E-state index contributed by atoms with van der Waals surface area (Å²) in [6.07, 6.45) is -9.81. The maximum atomic E-state index is 12.0. The zero-order valence-corrected chi connectivity index (χ0v) is 13.1. The molecule has 2 aliphatic heterocycles. The maximum Gasteiger partial charge on any atom is 0.231 e. The minimum atomic E-state index is -1.76. The van der Waals surface area contributed by atoms with Gasteiger partial charge in [-0.25, -0.2) is 0 Å². The molecule has 25 heavy (non-hydrogen) atoms. The second kappa shape index (κ2) is 6.75. The van der Waals surface area contributed by atoms with Crippen LogP contribution in [0.4, 0.5) is 0 Å². The van der Waals surface area contributed by atoms with E-state index in [-0.39, 0.29) is 35.0 Å². The van der Waals surface area contributed by atoms with Gasteiger partial charge in [0, 0.05) is 12.1 Å². The van der Waals surface area contributed by atoms with Crippen molar-refractivity contribution in [3.8, 4) is 17.2 Å². The van der Waals surface area contributed by atoms with Crippen molar-refractivity contribution in [3.05, 3.63) is 17.7 Å². The number of carbonyl (C=O) groups is 1. The molecule has 0 amide bonds. The molecule has 5 N–H and O–H groups in total. The summed E-state index contributed by atoms with van der Waals surface area (Å²) in [7, 11) is 1.33. The van der Waals surface area contributed by atoms with E-state index in [0.717, 1.165) is 0 Å². The van der Waals surface area contributed by atoms with E-state index in [1.807, 2.05) is 0 Å². The third kappa shape index (κ3) is 3.27. The summed E-state index contributed by atoms with van der Waals surface area (Å²) in [5, 5.41) is 48.1. The van der Waals surface area contributed by atoms with E-state index in [1.165, 1.54) is 19.2 Å². The molecule has 10 nitrogen and oxygen atoms in total. The topological polar surface area (TPSA) is 155 Å². The van der Waals surface area contributed by atoms with E-state index in [4.69, 9.17) is 18.9 Å². The van der Waals surface area contributed by atoms with Crippen LogP contribution in [0.25, 0.3) is 0 Å². The molecule has 1 aromatic carbocycles. The van der Waals surface area contributed by atoms with Crippen LogP contribution < -0.4 is 14.2 Å². The van der Waals surface area contributed by atoms with Gasteiger partial charge in [-0.1, -0.05) is 0 Å². The summed E-state index contributed by atoms with van der Waals surface area (Å²) in [6.45, 7) is 0. The van der Waals surface area contributed by atoms with Crippen molar-refractivity contribution in [1.29, 1.82) is 0 Å². The molecule has 0 aliphatic carbocycles. The zero-order chi connectivity index (χ0) is 18.3. The lowest BCUT2D eigenvalue weighted by Crippen LogP contribution is -2.59. The van der Waals surface area contributed by atoms with Gasteiger partial charge in [0.05, 0.1) is 13.5 Å². The van der Waals surface area contributed by atoms with Crippen LogP contribution in [0.3, 0.4) is 0 Å². The highest BCUT2D eigenvalue weighted by atomic mass is 16.7. The van der Waals surface area contributed by atoms with Crippen molar-refractivity contribution in [3.63, 3.8) is 0 Å². The Bertz CT molecular complexity index is 662. The van der Waals surface area contributed by atoms with Crippen LogP contribution in [0.2, 0.25) is 0 Å². The summed E-state index contributed by atoms with van der Waals surface area (Å²) in [5.41, 5.74) is 0.140. The first-order valence-electron chi connectivity index (χ1n) is 7.46. The normalized spacial score (nSPS) is 34.9. The predicted octanol–water partition coefficient (Wildman–Crippen LogP) is -1.89. The summed E-state index contributed by atoms with van der Waals surface area (Å²) < 4.78 is 20.6. The van der Waals surface area contributed by atoms with Gasteiger partial charge in [-0.3, -0.25) is 4.79 Å². The van der Waals surface area contributed by atoms with Crippen molar-refractivity contribution in [2.75, 3.05) is 7.11 Å². The fourth-order valence-electron chi connectivity index (χ4n) is 2.67. The average Bonchev–Trinajstić information content (AvgIpc) is 2.56. The minimum absolute atomic E-state index is 0.0181. The number of aliphatic hydroxyl groups excluding tert-OH is 5. The Hall–Kier alpha value is -1.95. The summed E-state index contributed by atoms with van der Waals surface area (Å²) in [5.74, 6) is -0.210. The molecule has 0 saturated carbocycles. The molecule has 6 atom stereocenters. The number of hydrogen-bond donors (Lipinski definition) is 5. The highest BCUT2D eigenvalue weighted by Crippen LogP contribution is 2.39. The molecule has 3 rings (SSSR count). The van der Waals surface area contributed by atoms with Gasteiger partial charge in [0.2, 0.25) is 12.6 Å². The van der Waals surface area contributed by atoms with Crippen LogP contribution >= 0.6 is 0 Å². The number of carbonyl (C=O) groups excluding carboxylic acids is 1. The van der Waals surface area contributed by atoms with Gasteiger partial charge in [-0.2, -0.15) is 0 Å². The number of methoxy groups -OCH3 is 1. The molecule has 1 saturated heterocycles. The fourth-order valence-corrected chi connectivity index (χ4v) is 2.67. The molecular weight excluding hydrogens is 340 g/mol. The van der Waals surface area contributed by atoms with Crippen LogP contribution in [0.15, 0.2) is 12.1 Å². The van der Waals surface area contributed by atoms with E-state index in [1.54, 1.807) is 0 Å². The largest absolute Gasteiger partial charge is 0.496 e. The van der Waals surface area contributed by atoms with Crippen LogP contribution in [0.1, 0.15) is 16.8 Å². The number of fused-ring (bicyclic) bond motifs is 1. The molecule has 0 aromatic heterocycles. The fraction of sp³-hybridized carbons (Fsp3) is 0.533. The number of aliphatic hydroxyl groups is 5. The van der Waals surface area contributed by atoms with Gasteiger partial charge >= 0.3 is 0 Å². The smallest absolute Gasteiger partial charge is 0.231 e. The number of benzene rings is 1. The van der Waals surface area contributed by atoms with Crippen molar-refractivity contribution < 1.29 is 49.3 Å². The molecule has 10 heteroatoms. The standard InChI is InChI=1S/C15H18O10/c1-22-7-2-5(3-8-10(7)6(16)4-9(17)24-8)23-15-13(20)11(18)12(19)14(21)25-15/h2-3,9,11-15,17-21H,4H2,1H3. The second-order valence-corrected chi connectivity index (χ2v) is 5.68. The lowest BCUT2D eigenvalue weighted by molar-refractivity contribution is -0.321. The first-order chi connectivity index (χ1) is 11.8. The van der Waals surface area contributed by atoms with Crippen molar-refractivity contribution in [1.82, 2.24) is 0 Å². The average molecular weight is 358 g/mol. The molecule has 6 unspecified atom stereocenters. The number of ketones is 1. The monoisotopic (exact) mass is 358 g/mol. The van der Waals surface area contributed by atoms with Gasteiger partial charge < -0.3 is 44.5 Å². The zero-order valence-electron chi connectivity index (χ0n) is 13.1. The van der Waals surface area contributed by atoms with Crippen molar-refractivity contribution >= 4 is 5.78 Å².